The third-order valence-electron chi connectivity index (χ3n) is 2.22. The molecule has 1 aromatic rings. The number of aromatic nitrogens is 1. The summed E-state index contributed by atoms with van der Waals surface area (Å²) in [4.78, 5) is 25.2. The molecule has 0 radical (unpaired) electrons. The molecule has 1 atom stereocenters. The standard InChI is InChI=1S/C11H14N2O4S/c1-7-4-9(13(15)16)6-12-11(7)18-8(2)5-10(14)17-3/h4,6,8H,5H2,1-3H3. The molecular weight excluding hydrogens is 256 g/mol. The maximum atomic E-state index is 11.1. The molecule has 0 saturated carbocycles. The second kappa shape index (κ2) is 6.34. The fourth-order valence-corrected chi connectivity index (χ4v) is 2.28. The van der Waals surface area contributed by atoms with Gasteiger partial charge in [0.05, 0.1) is 23.5 Å². The van der Waals surface area contributed by atoms with Crippen LogP contribution in [0.4, 0.5) is 5.69 Å². The molecular formula is C11H14N2O4S. The lowest BCUT2D eigenvalue weighted by molar-refractivity contribution is -0.385. The lowest BCUT2D eigenvalue weighted by Gasteiger charge is -2.10. The molecule has 98 valence electrons. The zero-order chi connectivity index (χ0) is 13.7. The summed E-state index contributed by atoms with van der Waals surface area (Å²) in [5.41, 5.74) is 0.698. The van der Waals surface area contributed by atoms with Crippen molar-refractivity contribution in [2.24, 2.45) is 0 Å². The molecule has 0 bridgehead atoms. The minimum atomic E-state index is -0.480. The van der Waals surface area contributed by atoms with Gasteiger partial charge in [-0.25, -0.2) is 4.98 Å². The summed E-state index contributed by atoms with van der Waals surface area (Å²) in [6, 6.07) is 1.47. The van der Waals surface area contributed by atoms with Crippen molar-refractivity contribution in [3.8, 4) is 0 Å². The number of hydrogen-bond donors (Lipinski definition) is 0. The zero-order valence-corrected chi connectivity index (χ0v) is 11.2. The first kappa shape index (κ1) is 14.4. The summed E-state index contributed by atoms with van der Waals surface area (Å²) in [6.07, 6.45) is 1.50. The first-order valence-corrected chi connectivity index (χ1v) is 6.16. The average molecular weight is 270 g/mol. The van der Waals surface area contributed by atoms with E-state index in [2.05, 4.69) is 9.72 Å². The number of rotatable bonds is 5. The maximum absolute atomic E-state index is 11.1. The quantitative estimate of drug-likeness (QED) is 0.353. The van der Waals surface area contributed by atoms with Crippen LogP contribution in [-0.2, 0) is 9.53 Å². The van der Waals surface area contributed by atoms with Gasteiger partial charge in [-0.05, 0) is 12.5 Å². The fourth-order valence-electron chi connectivity index (χ4n) is 1.32. The molecule has 1 heterocycles. The number of hydrogen-bond acceptors (Lipinski definition) is 6. The molecule has 0 aliphatic carbocycles. The van der Waals surface area contributed by atoms with E-state index in [1.807, 2.05) is 6.92 Å². The summed E-state index contributed by atoms with van der Waals surface area (Å²) < 4.78 is 4.58. The highest BCUT2D eigenvalue weighted by molar-refractivity contribution is 7.99. The Balaban J connectivity index is 2.73. The molecule has 6 nitrogen and oxygen atoms in total. The Kier molecular flexibility index (Phi) is 5.08. The van der Waals surface area contributed by atoms with E-state index in [-0.39, 0.29) is 23.3 Å². The van der Waals surface area contributed by atoms with Crippen LogP contribution < -0.4 is 0 Å². The second-order valence-electron chi connectivity index (χ2n) is 3.78. The number of aryl methyl sites for hydroxylation is 1. The predicted molar refractivity (Wildman–Crippen MR) is 67.6 cm³/mol. The number of nitro groups is 1. The number of thioether (sulfide) groups is 1. The lowest BCUT2D eigenvalue weighted by atomic mass is 10.3. The molecule has 0 aliphatic rings. The van der Waals surface area contributed by atoms with Crippen LogP contribution in [0, 0.1) is 17.0 Å². The van der Waals surface area contributed by atoms with Crippen molar-refractivity contribution < 1.29 is 14.5 Å². The van der Waals surface area contributed by atoms with E-state index < -0.39 is 4.92 Å². The summed E-state index contributed by atoms with van der Waals surface area (Å²) in [5, 5.41) is 11.3. The Morgan fingerprint density at radius 2 is 2.33 bits per heavy atom. The minimum absolute atomic E-state index is 0.00473. The van der Waals surface area contributed by atoms with Crippen LogP contribution >= 0.6 is 11.8 Å². The third-order valence-corrected chi connectivity index (χ3v) is 3.44. The van der Waals surface area contributed by atoms with E-state index in [0.717, 1.165) is 5.56 Å². The summed E-state index contributed by atoms with van der Waals surface area (Å²) in [5.74, 6) is -0.283. The van der Waals surface area contributed by atoms with E-state index >= 15 is 0 Å². The van der Waals surface area contributed by atoms with Gasteiger partial charge < -0.3 is 4.74 Å². The van der Waals surface area contributed by atoms with Crippen LogP contribution in [0.15, 0.2) is 17.3 Å². The highest BCUT2D eigenvalue weighted by Gasteiger charge is 2.15. The van der Waals surface area contributed by atoms with Crippen molar-refractivity contribution in [3.05, 3.63) is 27.9 Å². The van der Waals surface area contributed by atoms with Gasteiger partial charge in [0, 0.05) is 11.3 Å². The van der Waals surface area contributed by atoms with Crippen molar-refractivity contribution in [2.45, 2.75) is 30.5 Å². The smallest absolute Gasteiger partial charge is 0.306 e. The van der Waals surface area contributed by atoms with Gasteiger partial charge in [0.2, 0.25) is 0 Å². The Hall–Kier alpha value is -1.63. The highest BCUT2D eigenvalue weighted by Crippen LogP contribution is 2.28. The fraction of sp³-hybridized carbons (Fsp3) is 0.455. The normalized spacial score (nSPS) is 11.9. The van der Waals surface area contributed by atoms with Crippen molar-refractivity contribution in [1.82, 2.24) is 4.98 Å². The number of esters is 1. The van der Waals surface area contributed by atoms with E-state index in [1.165, 1.54) is 31.1 Å². The maximum Gasteiger partial charge on any atom is 0.306 e. The summed E-state index contributed by atoms with van der Waals surface area (Å²) in [6.45, 7) is 3.64. The molecule has 0 N–H and O–H groups in total. The Labute approximate surface area is 109 Å². The molecule has 0 amide bonds. The molecule has 0 aliphatic heterocycles. The summed E-state index contributed by atoms with van der Waals surface area (Å²) >= 11 is 1.40. The molecule has 0 spiro atoms. The van der Waals surface area contributed by atoms with Gasteiger partial charge in [0.1, 0.15) is 6.20 Å². The first-order valence-electron chi connectivity index (χ1n) is 5.28. The molecule has 0 fully saturated rings. The predicted octanol–water partition coefficient (Wildman–Crippen LogP) is 2.34. The molecule has 0 saturated heterocycles. The van der Waals surface area contributed by atoms with Crippen molar-refractivity contribution >= 4 is 23.4 Å². The molecule has 1 unspecified atom stereocenters. The largest absolute Gasteiger partial charge is 0.469 e. The number of carbonyl (C=O) groups excluding carboxylic acids is 1. The van der Waals surface area contributed by atoms with E-state index in [1.54, 1.807) is 6.92 Å². The topological polar surface area (TPSA) is 82.3 Å². The molecule has 1 aromatic heterocycles. The summed E-state index contributed by atoms with van der Waals surface area (Å²) in [7, 11) is 1.34. The molecule has 7 heteroatoms. The van der Waals surface area contributed by atoms with Gasteiger partial charge >= 0.3 is 5.97 Å². The highest BCUT2D eigenvalue weighted by atomic mass is 32.2. The van der Waals surface area contributed by atoms with E-state index in [9.17, 15) is 14.9 Å². The van der Waals surface area contributed by atoms with Gasteiger partial charge in [0.25, 0.3) is 5.69 Å². The van der Waals surface area contributed by atoms with Crippen LogP contribution in [0.3, 0.4) is 0 Å². The van der Waals surface area contributed by atoms with Gasteiger partial charge in [0.15, 0.2) is 0 Å². The average Bonchev–Trinajstić information content (AvgIpc) is 2.31. The van der Waals surface area contributed by atoms with Gasteiger partial charge in [-0.15, -0.1) is 11.8 Å². The number of nitrogens with zero attached hydrogens (tertiary/aromatic N) is 2. The van der Waals surface area contributed by atoms with Crippen LogP contribution in [0.5, 0.6) is 0 Å². The number of pyridine rings is 1. The lowest BCUT2D eigenvalue weighted by Crippen LogP contribution is -2.09. The Morgan fingerprint density at radius 1 is 1.67 bits per heavy atom. The van der Waals surface area contributed by atoms with Crippen LogP contribution in [0.2, 0.25) is 0 Å². The number of carbonyl (C=O) groups is 1. The third kappa shape index (κ3) is 3.99. The van der Waals surface area contributed by atoms with Crippen LogP contribution in [0.1, 0.15) is 18.9 Å². The monoisotopic (exact) mass is 270 g/mol. The van der Waals surface area contributed by atoms with Crippen molar-refractivity contribution in [1.29, 1.82) is 0 Å². The second-order valence-corrected chi connectivity index (χ2v) is 5.21. The van der Waals surface area contributed by atoms with E-state index in [4.69, 9.17) is 0 Å². The number of methoxy groups -OCH3 is 1. The first-order chi connectivity index (χ1) is 8.43. The molecule has 0 aromatic carbocycles. The Bertz CT molecular complexity index is 464. The van der Waals surface area contributed by atoms with Crippen molar-refractivity contribution in [3.63, 3.8) is 0 Å². The minimum Gasteiger partial charge on any atom is -0.469 e. The van der Waals surface area contributed by atoms with Gasteiger partial charge in [-0.1, -0.05) is 6.92 Å². The van der Waals surface area contributed by atoms with Crippen molar-refractivity contribution in [2.75, 3.05) is 7.11 Å². The SMILES string of the molecule is COC(=O)CC(C)Sc1ncc([N+](=O)[O-])cc1C. The van der Waals surface area contributed by atoms with E-state index in [0.29, 0.717) is 5.03 Å². The van der Waals surface area contributed by atoms with Crippen LogP contribution in [0.25, 0.3) is 0 Å². The Morgan fingerprint density at radius 3 is 2.83 bits per heavy atom. The molecule has 18 heavy (non-hydrogen) atoms. The van der Waals surface area contributed by atoms with Gasteiger partial charge in [-0.3, -0.25) is 14.9 Å². The number of ether oxygens (including phenoxy) is 1. The molecule has 1 rings (SSSR count). The zero-order valence-electron chi connectivity index (χ0n) is 10.4. The van der Waals surface area contributed by atoms with Crippen LogP contribution in [-0.4, -0.2) is 28.2 Å². The van der Waals surface area contributed by atoms with Gasteiger partial charge in [-0.2, -0.15) is 0 Å².